The zero-order valence-corrected chi connectivity index (χ0v) is 4.40. The standard InChI is InChI=1S/C4H8O4/c1-2(5)3(6)4(7)8/h2-3,5-6H,1H3,(H,7,8)/t2?,3-/m0/s1. The molecule has 0 aromatic rings. The van der Waals surface area contributed by atoms with E-state index in [1.165, 1.54) is 6.92 Å². The van der Waals surface area contributed by atoms with Gasteiger partial charge in [0.2, 0.25) is 0 Å². The Morgan fingerprint density at radius 1 is 1.50 bits per heavy atom. The van der Waals surface area contributed by atoms with E-state index >= 15 is 0 Å². The summed E-state index contributed by atoms with van der Waals surface area (Å²) in [5, 5.41) is 24.7. The van der Waals surface area contributed by atoms with E-state index < -0.39 is 18.2 Å². The molecule has 2 atom stereocenters. The summed E-state index contributed by atoms with van der Waals surface area (Å²) >= 11 is 0. The van der Waals surface area contributed by atoms with Crippen molar-refractivity contribution in [1.29, 1.82) is 0 Å². The first-order valence-electron chi connectivity index (χ1n) is 2.14. The van der Waals surface area contributed by atoms with Crippen molar-refractivity contribution >= 4 is 5.97 Å². The lowest BCUT2D eigenvalue weighted by molar-refractivity contribution is -0.151. The summed E-state index contributed by atoms with van der Waals surface area (Å²) in [6.45, 7) is 1.21. The van der Waals surface area contributed by atoms with Gasteiger partial charge in [0.15, 0.2) is 6.10 Å². The van der Waals surface area contributed by atoms with Crippen LogP contribution in [0.25, 0.3) is 0 Å². The van der Waals surface area contributed by atoms with Gasteiger partial charge in [-0.05, 0) is 6.92 Å². The molecule has 0 heterocycles. The Labute approximate surface area is 46.4 Å². The van der Waals surface area contributed by atoms with Gasteiger partial charge in [-0.3, -0.25) is 0 Å². The molecule has 0 aliphatic rings. The van der Waals surface area contributed by atoms with Gasteiger partial charge in [-0.2, -0.15) is 0 Å². The first-order chi connectivity index (χ1) is 3.55. The topological polar surface area (TPSA) is 77.8 Å². The highest BCUT2D eigenvalue weighted by Crippen LogP contribution is 1.89. The SMILES string of the molecule is CC(O)[C@H](O)C(=O)O. The molecule has 0 aromatic carbocycles. The van der Waals surface area contributed by atoms with E-state index in [2.05, 4.69) is 0 Å². The van der Waals surface area contributed by atoms with Gasteiger partial charge in [-0.1, -0.05) is 0 Å². The first-order valence-corrected chi connectivity index (χ1v) is 2.14. The summed E-state index contributed by atoms with van der Waals surface area (Å²) in [7, 11) is 0. The molecule has 8 heavy (non-hydrogen) atoms. The largest absolute Gasteiger partial charge is 0.479 e. The van der Waals surface area contributed by atoms with Crippen LogP contribution in [-0.4, -0.2) is 33.5 Å². The number of rotatable bonds is 2. The van der Waals surface area contributed by atoms with Crippen LogP contribution in [0.1, 0.15) is 6.92 Å². The number of aliphatic hydroxyl groups excluding tert-OH is 2. The van der Waals surface area contributed by atoms with E-state index in [9.17, 15) is 4.79 Å². The highest BCUT2D eigenvalue weighted by molar-refractivity contribution is 5.72. The third-order valence-corrected chi connectivity index (χ3v) is 0.710. The van der Waals surface area contributed by atoms with Gasteiger partial charge in [0, 0.05) is 0 Å². The molecule has 0 bridgehead atoms. The van der Waals surface area contributed by atoms with E-state index in [4.69, 9.17) is 15.3 Å². The number of hydrogen-bond acceptors (Lipinski definition) is 3. The average Bonchev–Trinajstić information content (AvgIpc) is 1.64. The van der Waals surface area contributed by atoms with Crippen LogP contribution in [0.4, 0.5) is 0 Å². The van der Waals surface area contributed by atoms with Crippen LogP contribution in [0.2, 0.25) is 0 Å². The minimum absolute atomic E-state index is 1.20. The normalized spacial score (nSPS) is 17.4. The number of hydrogen-bond donors (Lipinski definition) is 3. The van der Waals surface area contributed by atoms with Crippen LogP contribution in [0.15, 0.2) is 0 Å². The Hall–Kier alpha value is -0.610. The van der Waals surface area contributed by atoms with Crippen molar-refractivity contribution in [2.24, 2.45) is 0 Å². The molecule has 4 heteroatoms. The molecule has 0 fully saturated rings. The number of aliphatic carboxylic acids is 1. The van der Waals surface area contributed by atoms with Gasteiger partial charge in [0.05, 0.1) is 6.10 Å². The summed E-state index contributed by atoms with van der Waals surface area (Å²) in [6.07, 6.45) is -2.86. The van der Waals surface area contributed by atoms with E-state index in [0.29, 0.717) is 0 Å². The zero-order chi connectivity index (χ0) is 6.73. The fourth-order valence-corrected chi connectivity index (χ4v) is 0.206. The molecule has 1 unspecified atom stereocenters. The Balaban J connectivity index is 3.64. The second kappa shape index (κ2) is 2.64. The molecule has 0 aliphatic carbocycles. The van der Waals surface area contributed by atoms with E-state index in [1.807, 2.05) is 0 Å². The highest BCUT2D eigenvalue weighted by Gasteiger charge is 2.18. The van der Waals surface area contributed by atoms with Crippen LogP contribution in [0.5, 0.6) is 0 Å². The first kappa shape index (κ1) is 7.39. The van der Waals surface area contributed by atoms with Crippen molar-refractivity contribution < 1.29 is 20.1 Å². The van der Waals surface area contributed by atoms with Crippen molar-refractivity contribution in [2.75, 3.05) is 0 Å². The monoisotopic (exact) mass is 120 g/mol. The lowest BCUT2D eigenvalue weighted by atomic mass is 10.2. The molecule has 0 rings (SSSR count). The van der Waals surface area contributed by atoms with Gasteiger partial charge >= 0.3 is 5.97 Å². The van der Waals surface area contributed by atoms with Crippen molar-refractivity contribution in [1.82, 2.24) is 0 Å². The Morgan fingerprint density at radius 2 is 1.88 bits per heavy atom. The number of aliphatic hydroxyl groups is 2. The molecule has 0 aromatic heterocycles. The average molecular weight is 120 g/mol. The van der Waals surface area contributed by atoms with Crippen LogP contribution < -0.4 is 0 Å². The molecule has 0 spiro atoms. The van der Waals surface area contributed by atoms with Crippen LogP contribution in [-0.2, 0) is 4.79 Å². The molecule has 0 saturated heterocycles. The second-order valence-electron chi connectivity index (χ2n) is 1.52. The fraction of sp³-hybridized carbons (Fsp3) is 0.750. The third-order valence-electron chi connectivity index (χ3n) is 0.710. The van der Waals surface area contributed by atoms with E-state index in [1.54, 1.807) is 0 Å². The lowest BCUT2D eigenvalue weighted by Gasteiger charge is -2.05. The van der Waals surface area contributed by atoms with Crippen molar-refractivity contribution in [2.45, 2.75) is 19.1 Å². The molecular formula is C4H8O4. The molecule has 4 nitrogen and oxygen atoms in total. The summed E-state index contributed by atoms with van der Waals surface area (Å²) in [5.74, 6) is -1.40. The predicted octanol–water partition coefficient (Wildman–Crippen LogP) is -1.19. The highest BCUT2D eigenvalue weighted by atomic mass is 16.4. The summed E-state index contributed by atoms with van der Waals surface area (Å²) in [6, 6.07) is 0. The molecule has 0 saturated carbocycles. The van der Waals surface area contributed by atoms with Gasteiger partial charge in [0.25, 0.3) is 0 Å². The molecule has 0 aliphatic heterocycles. The molecule has 3 N–H and O–H groups in total. The number of carbonyl (C=O) groups is 1. The third kappa shape index (κ3) is 1.90. The molecule has 48 valence electrons. The Bertz CT molecular complexity index is 88.0. The summed E-state index contributed by atoms with van der Waals surface area (Å²) in [5.41, 5.74) is 0. The van der Waals surface area contributed by atoms with Gasteiger partial charge in [-0.25, -0.2) is 4.79 Å². The predicted molar refractivity (Wildman–Crippen MR) is 25.3 cm³/mol. The Morgan fingerprint density at radius 3 is 1.88 bits per heavy atom. The van der Waals surface area contributed by atoms with Gasteiger partial charge in [0.1, 0.15) is 0 Å². The maximum atomic E-state index is 9.73. The Kier molecular flexibility index (Phi) is 2.44. The van der Waals surface area contributed by atoms with Crippen molar-refractivity contribution in [3.8, 4) is 0 Å². The van der Waals surface area contributed by atoms with Crippen molar-refractivity contribution in [3.63, 3.8) is 0 Å². The van der Waals surface area contributed by atoms with Gasteiger partial charge in [-0.15, -0.1) is 0 Å². The molecule has 0 radical (unpaired) electrons. The van der Waals surface area contributed by atoms with E-state index in [0.717, 1.165) is 0 Å². The molecule has 0 amide bonds. The van der Waals surface area contributed by atoms with E-state index in [-0.39, 0.29) is 0 Å². The smallest absolute Gasteiger partial charge is 0.335 e. The van der Waals surface area contributed by atoms with Crippen LogP contribution in [0, 0.1) is 0 Å². The number of carboxylic acid groups (broad SMARTS) is 1. The fourth-order valence-electron chi connectivity index (χ4n) is 0.206. The van der Waals surface area contributed by atoms with Crippen LogP contribution in [0.3, 0.4) is 0 Å². The van der Waals surface area contributed by atoms with Gasteiger partial charge < -0.3 is 15.3 Å². The molecular weight excluding hydrogens is 112 g/mol. The minimum atomic E-state index is -1.66. The lowest BCUT2D eigenvalue weighted by Crippen LogP contribution is -2.30. The quantitative estimate of drug-likeness (QED) is 0.428. The number of carboxylic acids is 1. The zero-order valence-electron chi connectivity index (χ0n) is 4.40. The summed E-state index contributed by atoms with van der Waals surface area (Å²) in [4.78, 5) is 9.73. The summed E-state index contributed by atoms with van der Waals surface area (Å²) < 4.78 is 0. The second-order valence-corrected chi connectivity index (χ2v) is 1.52. The van der Waals surface area contributed by atoms with Crippen molar-refractivity contribution in [3.05, 3.63) is 0 Å². The maximum Gasteiger partial charge on any atom is 0.335 e. The van der Waals surface area contributed by atoms with Crippen LogP contribution >= 0.6 is 0 Å². The minimum Gasteiger partial charge on any atom is -0.479 e. The maximum absolute atomic E-state index is 9.73.